The van der Waals surface area contributed by atoms with Crippen molar-refractivity contribution in [3.63, 3.8) is 0 Å². The van der Waals surface area contributed by atoms with Gasteiger partial charge in [0.2, 0.25) is 0 Å². The van der Waals surface area contributed by atoms with E-state index in [1.165, 1.54) is 5.56 Å². The first-order chi connectivity index (χ1) is 11.3. The lowest BCUT2D eigenvalue weighted by Gasteiger charge is -2.41. The topological polar surface area (TPSA) is 9.23 Å². The lowest BCUT2D eigenvalue weighted by molar-refractivity contribution is 0.151. The summed E-state index contributed by atoms with van der Waals surface area (Å²) in [7, 11) is -1.85. The molecule has 1 nitrogen and oxygen atoms in total. The van der Waals surface area contributed by atoms with Crippen LogP contribution in [0.1, 0.15) is 53.5 Å². The highest BCUT2D eigenvalue weighted by Gasteiger charge is 2.41. The quantitative estimate of drug-likeness (QED) is 0.316. The Morgan fingerprint density at radius 1 is 1.00 bits per heavy atom. The number of allylic oxidation sites excluding steroid dienone is 1. The van der Waals surface area contributed by atoms with Gasteiger partial charge in [0, 0.05) is 5.41 Å². The maximum absolute atomic E-state index is 6.52. The maximum atomic E-state index is 6.52. The fraction of sp³-hybridized carbons (Fsp3) is 0.565. The van der Waals surface area contributed by atoms with Crippen molar-refractivity contribution in [2.75, 3.05) is 0 Å². The van der Waals surface area contributed by atoms with Crippen LogP contribution in [-0.2, 0) is 10.8 Å². The Labute approximate surface area is 157 Å². The Morgan fingerprint density at radius 2 is 1.56 bits per heavy atom. The van der Waals surface area contributed by atoms with E-state index >= 15 is 0 Å². The monoisotopic (exact) mass is 356 g/mol. The van der Waals surface area contributed by atoms with Crippen molar-refractivity contribution in [2.45, 2.75) is 78.1 Å². The van der Waals surface area contributed by atoms with E-state index in [0.717, 1.165) is 12.8 Å². The van der Waals surface area contributed by atoms with Gasteiger partial charge >= 0.3 is 0 Å². The standard InChI is InChI=1S/C23H36OSi/c1-10-23(7,17-16-20-14-12-11-13-15-20)19-18-22(5,6)24-25(8,9)21(2,3)4/h10-15H,1,16-17H2,2-9H3/t23-/m1/s1. The minimum Gasteiger partial charge on any atom is -0.401 e. The van der Waals surface area contributed by atoms with Crippen LogP contribution in [0.2, 0.25) is 18.1 Å². The highest BCUT2D eigenvalue weighted by molar-refractivity contribution is 6.74. The van der Waals surface area contributed by atoms with Crippen LogP contribution in [0.15, 0.2) is 43.0 Å². The zero-order valence-corrected chi connectivity index (χ0v) is 18.5. The van der Waals surface area contributed by atoms with Crippen molar-refractivity contribution in [3.8, 4) is 11.8 Å². The van der Waals surface area contributed by atoms with Crippen LogP contribution in [0, 0.1) is 17.3 Å². The Balaban J connectivity index is 2.87. The molecule has 0 spiro atoms. The first kappa shape index (κ1) is 21.7. The minimum absolute atomic E-state index is 0.182. The molecule has 0 radical (unpaired) electrons. The lowest BCUT2D eigenvalue weighted by Crippen LogP contribution is -2.47. The summed E-state index contributed by atoms with van der Waals surface area (Å²) >= 11 is 0. The van der Waals surface area contributed by atoms with Crippen LogP contribution in [-0.4, -0.2) is 13.9 Å². The molecule has 0 fully saturated rings. The predicted octanol–water partition coefficient (Wildman–Crippen LogP) is 6.62. The van der Waals surface area contributed by atoms with Gasteiger partial charge in [-0.05, 0) is 57.3 Å². The second kappa shape index (κ2) is 7.93. The molecule has 1 rings (SSSR count). The number of hydrogen-bond donors (Lipinski definition) is 0. The summed E-state index contributed by atoms with van der Waals surface area (Å²) < 4.78 is 6.52. The zero-order chi connectivity index (χ0) is 19.4. The van der Waals surface area contributed by atoms with Crippen molar-refractivity contribution in [1.82, 2.24) is 0 Å². The Hall–Kier alpha value is -1.30. The predicted molar refractivity (Wildman–Crippen MR) is 113 cm³/mol. The zero-order valence-electron chi connectivity index (χ0n) is 17.5. The van der Waals surface area contributed by atoms with Crippen LogP contribution in [0.25, 0.3) is 0 Å². The fourth-order valence-corrected chi connectivity index (χ4v) is 4.01. The summed E-state index contributed by atoms with van der Waals surface area (Å²) in [4.78, 5) is 0. The molecule has 0 bridgehead atoms. The average Bonchev–Trinajstić information content (AvgIpc) is 2.50. The highest BCUT2D eigenvalue weighted by atomic mass is 28.4. The van der Waals surface area contributed by atoms with E-state index in [-0.39, 0.29) is 10.5 Å². The number of hydrogen-bond acceptors (Lipinski definition) is 1. The highest BCUT2D eigenvalue weighted by Crippen LogP contribution is 2.39. The fourth-order valence-electron chi connectivity index (χ4n) is 2.37. The van der Waals surface area contributed by atoms with E-state index in [4.69, 9.17) is 4.43 Å². The summed E-state index contributed by atoms with van der Waals surface area (Å²) in [5.74, 6) is 6.87. The summed E-state index contributed by atoms with van der Waals surface area (Å²) in [5.41, 5.74) is 0.693. The van der Waals surface area contributed by atoms with Gasteiger partial charge in [-0.2, -0.15) is 0 Å². The van der Waals surface area contributed by atoms with Gasteiger partial charge in [-0.3, -0.25) is 0 Å². The molecule has 0 saturated carbocycles. The van der Waals surface area contributed by atoms with E-state index in [1.807, 2.05) is 6.08 Å². The van der Waals surface area contributed by atoms with E-state index in [1.54, 1.807) is 0 Å². The van der Waals surface area contributed by atoms with Crippen LogP contribution in [0.5, 0.6) is 0 Å². The smallest absolute Gasteiger partial charge is 0.194 e. The Bertz CT molecular complexity index is 626. The molecule has 0 saturated heterocycles. The molecule has 1 atom stereocenters. The Kier molecular flexibility index (Phi) is 6.90. The van der Waals surface area contributed by atoms with E-state index in [2.05, 4.69) is 103 Å². The van der Waals surface area contributed by atoms with Gasteiger partial charge < -0.3 is 4.43 Å². The molecule has 25 heavy (non-hydrogen) atoms. The number of benzene rings is 1. The van der Waals surface area contributed by atoms with E-state index in [9.17, 15) is 0 Å². The van der Waals surface area contributed by atoms with Crippen molar-refractivity contribution in [3.05, 3.63) is 48.6 Å². The SMILES string of the molecule is C=C[C@@](C)(C#CC(C)(C)O[Si](C)(C)C(C)(C)C)CCc1ccccc1. The molecule has 2 heteroatoms. The van der Waals surface area contributed by atoms with Gasteiger partial charge in [0.05, 0.1) is 0 Å². The summed E-state index contributed by atoms with van der Waals surface area (Å²) in [6.45, 7) is 21.7. The minimum atomic E-state index is -1.85. The van der Waals surface area contributed by atoms with E-state index in [0.29, 0.717) is 0 Å². The molecule has 0 aliphatic carbocycles. The lowest BCUT2D eigenvalue weighted by atomic mass is 9.84. The van der Waals surface area contributed by atoms with Crippen molar-refractivity contribution in [1.29, 1.82) is 0 Å². The van der Waals surface area contributed by atoms with Crippen LogP contribution < -0.4 is 0 Å². The van der Waals surface area contributed by atoms with Gasteiger partial charge in [0.25, 0.3) is 0 Å². The van der Waals surface area contributed by atoms with Gasteiger partial charge in [0.15, 0.2) is 8.32 Å². The first-order valence-electron chi connectivity index (χ1n) is 9.22. The molecule has 1 aromatic carbocycles. The Morgan fingerprint density at radius 3 is 2.04 bits per heavy atom. The number of rotatable bonds is 6. The average molecular weight is 357 g/mol. The molecular weight excluding hydrogens is 320 g/mol. The third-order valence-electron chi connectivity index (χ3n) is 5.19. The molecule has 0 aliphatic heterocycles. The van der Waals surface area contributed by atoms with E-state index < -0.39 is 13.9 Å². The molecule has 1 aromatic rings. The van der Waals surface area contributed by atoms with Crippen LogP contribution in [0.3, 0.4) is 0 Å². The molecule has 0 aromatic heterocycles. The van der Waals surface area contributed by atoms with Crippen molar-refractivity contribution >= 4 is 8.32 Å². The summed E-state index contributed by atoms with van der Waals surface area (Å²) in [5, 5.41) is 0.182. The molecule has 0 unspecified atom stereocenters. The molecule has 0 heterocycles. The van der Waals surface area contributed by atoms with Gasteiger partial charge in [-0.1, -0.05) is 69.0 Å². The molecule has 0 amide bonds. The van der Waals surface area contributed by atoms with Gasteiger partial charge in [0.1, 0.15) is 5.60 Å². The second-order valence-corrected chi connectivity index (χ2v) is 14.0. The summed E-state index contributed by atoms with van der Waals surface area (Å²) in [6.07, 6.45) is 3.94. The molecule has 0 aliphatic rings. The third kappa shape index (κ3) is 6.84. The second-order valence-electron chi connectivity index (χ2n) is 9.23. The van der Waals surface area contributed by atoms with Gasteiger partial charge in [-0.15, -0.1) is 6.58 Å². The first-order valence-corrected chi connectivity index (χ1v) is 12.1. The number of aryl methyl sites for hydroxylation is 1. The molecule has 138 valence electrons. The van der Waals surface area contributed by atoms with Crippen LogP contribution in [0.4, 0.5) is 0 Å². The molecule has 0 N–H and O–H groups in total. The third-order valence-corrected chi connectivity index (χ3v) is 9.82. The van der Waals surface area contributed by atoms with Crippen LogP contribution >= 0.6 is 0 Å². The summed E-state index contributed by atoms with van der Waals surface area (Å²) in [6, 6.07) is 10.6. The largest absolute Gasteiger partial charge is 0.401 e. The van der Waals surface area contributed by atoms with Gasteiger partial charge in [-0.25, -0.2) is 0 Å². The molecular formula is C23H36OSi. The van der Waals surface area contributed by atoms with Crippen molar-refractivity contribution < 1.29 is 4.43 Å². The van der Waals surface area contributed by atoms with Crippen molar-refractivity contribution in [2.24, 2.45) is 5.41 Å². The maximum Gasteiger partial charge on any atom is 0.194 e. The normalized spacial score (nSPS) is 15.0.